The van der Waals surface area contributed by atoms with Gasteiger partial charge < -0.3 is 14.8 Å². The number of nitriles is 1. The van der Waals surface area contributed by atoms with Crippen LogP contribution in [0.3, 0.4) is 0 Å². The second-order valence-electron chi connectivity index (χ2n) is 4.93. The van der Waals surface area contributed by atoms with Gasteiger partial charge in [0, 0.05) is 25.3 Å². The lowest BCUT2D eigenvalue weighted by Crippen LogP contribution is -2.37. The smallest absolute Gasteiger partial charge is 0.123 e. The number of hydrogen-bond donors (Lipinski definition) is 1. The van der Waals surface area contributed by atoms with Gasteiger partial charge in [0.15, 0.2) is 0 Å². The quantitative estimate of drug-likeness (QED) is 0.820. The number of nitrogens with zero attached hydrogens (tertiary/aromatic N) is 1. The van der Waals surface area contributed by atoms with E-state index in [1.54, 1.807) is 13.2 Å². The second kappa shape index (κ2) is 7.13. The third-order valence-electron chi connectivity index (χ3n) is 2.81. The van der Waals surface area contributed by atoms with Crippen molar-refractivity contribution in [2.24, 2.45) is 0 Å². The van der Waals surface area contributed by atoms with Crippen LogP contribution in [-0.2, 0) is 11.3 Å². The van der Waals surface area contributed by atoms with Gasteiger partial charge in [-0.2, -0.15) is 5.26 Å². The number of hydrogen-bond acceptors (Lipinski definition) is 4. The molecule has 0 amide bonds. The van der Waals surface area contributed by atoms with Crippen LogP contribution < -0.4 is 10.1 Å². The third-order valence-corrected chi connectivity index (χ3v) is 2.81. The van der Waals surface area contributed by atoms with Gasteiger partial charge in [-0.15, -0.1) is 0 Å². The van der Waals surface area contributed by atoms with Gasteiger partial charge in [-0.1, -0.05) is 0 Å². The lowest BCUT2D eigenvalue weighted by atomic mass is 10.1. The third kappa shape index (κ3) is 4.90. The largest absolute Gasteiger partial charge is 0.496 e. The maximum absolute atomic E-state index is 8.92. The average Bonchev–Trinajstić information content (AvgIpc) is 2.38. The lowest BCUT2D eigenvalue weighted by molar-refractivity contribution is -0.00900. The van der Waals surface area contributed by atoms with E-state index < -0.39 is 0 Å². The molecule has 0 bridgehead atoms. The number of methoxy groups -OCH3 is 1. The first-order chi connectivity index (χ1) is 9.02. The molecule has 19 heavy (non-hydrogen) atoms. The summed E-state index contributed by atoms with van der Waals surface area (Å²) in [5.41, 5.74) is 1.42. The first-order valence-corrected chi connectivity index (χ1v) is 6.44. The molecule has 0 unspecified atom stereocenters. The Morgan fingerprint density at radius 3 is 2.68 bits per heavy atom. The first-order valence-electron chi connectivity index (χ1n) is 6.44. The van der Waals surface area contributed by atoms with Crippen molar-refractivity contribution in [1.82, 2.24) is 5.32 Å². The van der Waals surface area contributed by atoms with E-state index in [9.17, 15) is 0 Å². The summed E-state index contributed by atoms with van der Waals surface area (Å²) in [4.78, 5) is 0. The summed E-state index contributed by atoms with van der Waals surface area (Å²) >= 11 is 0. The van der Waals surface area contributed by atoms with Crippen LogP contribution in [0, 0.1) is 11.3 Å². The molecule has 0 radical (unpaired) electrons. The summed E-state index contributed by atoms with van der Waals surface area (Å²) in [6, 6.07) is 7.56. The number of benzene rings is 1. The molecule has 0 fully saturated rings. The highest BCUT2D eigenvalue weighted by Crippen LogP contribution is 2.19. The predicted molar refractivity (Wildman–Crippen MR) is 75.1 cm³/mol. The van der Waals surface area contributed by atoms with Gasteiger partial charge in [0.05, 0.1) is 24.3 Å². The first kappa shape index (κ1) is 15.5. The summed E-state index contributed by atoms with van der Waals surface area (Å²) in [6.07, 6.45) is 0. The minimum atomic E-state index is -0.200. The Bertz CT molecular complexity index is 450. The normalized spacial score (nSPS) is 11.1. The van der Waals surface area contributed by atoms with E-state index in [1.807, 2.05) is 32.9 Å². The van der Waals surface area contributed by atoms with Gasteiger partial charge in [-0.3, -0.25) is 0 Å². The van der Waals surface area contributed by atoms with Crippen molar-refractivity contribution in [1.29, 1.82) is 5.26 Å². The maximum atomic E-state index is 8.92. The average molecular weight is 262 g/mol. The van der Waals surface area contributed by atoms with Crippen molar-refractivity contribution >= 4 is 0 Å². The Balaban J connectivity index is 2.64. The number of ether oxygens (including phenoxy) is 2. The molecule has 0 saturated heterocycles. The van der Waals surface area contributed by atoms with Gasteiger partial charge in [0.2, 0.25) is 0 Å². The van der Waals surface area contributed by atoms with Crippen LogP contribution in [0.2, 0.25) is 0 Å². The molecule has 1 N–H and O–H groups in total. The zero-order valence-electron chi connectivity index (χ0n) is 12.1. The van der Waals surface area contributed by atoms with Crippen molar-refractivity contribution in [3.63, 3.8) is 0 Å². The highest BCUT2D eigenvalue weighted by Gasteiger charge is 2.17. The van der Waals surface area contributed by atoms with Crippen LogP contribution in [0.5, 0.6) is 5.75 Å². The summed E-state index contributed by atoms with van der Waals surface area (Å²) in [5.74, 6) is 0.792. The molecular weight excluding hydrogens is 240 g/mol. The minimum Gasteiger partial charge on any atom is -0.496 e. The van der Waals surface area contributed by atoms with Gasteiger partial charge in [0.1, 0.15) is 5.75 Å². The standard InChI is InChI=1S/C15H22N2O2/c1-5-19-15(2,3)11-17-10-13-8-12(9-16)6-7-14(13)18-4/h6-8,17H,5,10-11H2,1-4H3. The molecule has 0 aliphatic carbocycles. The highest BCUT2D eigenvalue weighted by atomic mass is 16.5. The van der Waals surface area contributed by atoms with Crippen molar-refractivity contribution in [2.45, 2.75) is 32.9 Å². The van der Waals surface area contributed by atoms with E-state index >= 15 is 0 Å². The molecule has 1 aromatic rings. The summed E-state index contributed by atoms with van der Waals surface area (Å²) in [7, 11) is 1.63. The van der Waals surface area contributed by atoms with Crippen molar-refractivity contribution in [3.05, 3.63) is 29.3 Å². The van der Waals surface area contributed by atoms with Crippen molar-refractivity contribution < 1.29 is 9.47 Å². The van der Waals surface area contributed by atoms with Crippen LogP contribution in [0.4, 0.5) is 0 Å². The summed E-state index contributed by atoms with van der Waals surface area (Å²) < 4.78 is 10.9. The molecule has 0 heterocycles. The van der Waals surface area contributed by atoms with Gasteiger partial charge in [-0.05, 0) is 39.0 Å². The zero-order valence-corrected chi connectivity index (χ0v) is 12.1. The maximum Gasteiger partial charge on any atom is 0.123 e. The second-order valence-corrected chi connectivity index (χ2v) is 4.93. The fraction of sp³-hybridized carbons (Fsp3) is 0.533. The number of nitrogens with one attached hydrogen (secondary N) is 1. The molecule has 0 aliphatic heterocycles. The molecule has 0 atom stereocenters. The minimum absolute atomic E-state index is 0.200. The highest BCUT2D eigenvalue weighted by molar-refractivity contribution is 5.41. The topological polar surface area (TPSA) is 54.3 Å². The number of rotatable bonds is 7. The van der Waals surface area contributed by atoms with Gasteiger partial charge >= 0.3 is 0 Å². The van der Waals surface area contributed by atoms with E-state index in [2.05, 4.69) is 11.4 Å². The Kier molecular flexibility index (Phi) is 5.81. The Labute approximate surface area is 115 Å². The van der Waals surface area contributed by atoms with Crippen LogP contribution in [-0.4, -0.2) is 25.9 Å². The van der Waals surface area contributed by atoms with Crippen molar-refractivity contribution in [3.8, 4) is 11.8 Å². The molecule has 4 heteroatoms. The van der Waals surface area contributed by atoms with Crippen LogP contribution >= 0.6 is 0 Å². The van der Waals surface area contributed by atoms with Gasteiger partial charge in [0.25, 0.3) is 0 Å². The molecule has 0 saturated carbocycles. The molecule has 104 valence electrons. The van der Waals surface area contributed by atoms with E-state index in [-0.39, 0.29) is 5.60 Å². The van der Waals surface area contributed by atoms with E-state index in [4.69, 9.17) is 14.7 Å². The Hall–Kier alpha value is -1.57. The molecule has 0 aromatic heterocycles. The lowest BCUT2D eigenvalue weighted by Gasteiger charge is -2.25. The fourth-order valence-corrected chi connectivity index (χ4v) is 1.93. The molecule has 0 spiro atoms. The molecular formula is C15H22N2O2. The van der Waals surface area contributed by atoms with E-state index in [0.717, 1.165) is 17.9 Å². The van der Waals surface area contributed by atoms with Crippen molar-refractivity contribution in [2.75, 3.05) is 20.3 Å². The van der Waals surface area contributed by atoms with Crippen LogP contribution in [0.25, 0.3) is 0 Å². The molecule has 1 aromatic carbocycles. The van der Waals surface area contributed by atoms with Crippen LogP contribution in [0.1, 0.15) is 31.9 Å². The SMILES string of the molecule is CCOC(C)(C)CNCc1cc(C#N)ccc1OC. The monoisotopic (exact) mass is 262 g/mol. The zero-order chi connectivity index (χ0) is 14.3. The molecule has 1 rings (SSSR count). The molecule has 4 nitrogen and oxygen atoms in total. The Morgan fingerprint density at radius 2 is 2.11 bits per heavy atom. The van der Waals surface area contributed by atoms with E-state index in [1.165, 1.54) is 0 Å². The summed E-state index contributed by atoms with van der Waals surface area (Å²) in [6.45, 7) is 8.16. The van der Waals surface area contributed by atoms with Gasteiger partial charge in [-0.25, -0.2) is 0 Å². The molecule has 0 aliphatic rings. The summed E-state index contributed by atoms with van der Waals surface area (Å²) in [5, 5.41) is 12.3. The van der Waals surface area contributed by atoms with Crippen LogP contribution in [0.15, 0.2) is 18.2 Å². The Morgan fingerprint density at radius 1 is 1.37 bits per heavy atom. The fourth-order valence-electron chi connectivity index (χ4n) is 1.93. The van der Waals surface area contributed by atoms with E-state index in [0.29, 0.717) is 18.7 Å². The predicted octanol–water partition coefficient (Wildman–Crippen LogP) is 2.47.